The Kier molecular flexibility index (Phi) is 3.91. The van der Waals surface area contributed by atoms with Crippen LogP contribution >= 0.6 is 22.9 Å². The fraction of sp³-hybridized carbons (Fsp3) is 0.417. The molecular formula is C12H16ClN5S. The summed E-state index contributed by atoms with van der Waals surface area (Å²) in [5.74, 6) is 0.565. The van der Waals surface area contributed by atoms with Crippen LogP contribution in [0.1, 0.15) is 34.2 Å². The number of nitrogens with two attached hydrogens (primary N) is 1. The Bertz CT molecular complexity index is 610. The van der Waals surface area contributed by atoms with Crippen molar-refractivity contribution in [1.82, 2.24) is 15.0 Å². The number of hydrogen-bond acceptors (Lipinski definition) is 6. The number of anilines is 2. The topological polar surface area (TPSA) is 76.7 Å². The van der Waals surface area contributed by atoms with Crippen molar-refractivity contribution in [3.8, 4) is 0 Å². The predicted octanol–water partition coefficient (Wildman–Crippen LogP) is 3.27. The van der Waals surface area contributed by atoms with Crippen molar-refractivity contribution in [3.63, 3.8) is 0 Å². The van der Waals surface area contributed by atoms with E-state index in [-0.39, 0.29) is 11.3 Å². The zero-order valence-corrected chi connectivity index (χ0v) is 12.9. The van der Waals surface area contributed by atoms with E-state index < -0.39 is 0 Å². The molecule has 0 aromatic carbocycles. The zero-order valence-electron chi connectivity index (χ0n) is 11.3. The summed E-state index contributed by atoms with van der Waals surface area (Å²) >= 11 is 7.52. The van der Waals surface area contributed by atoms with Gasteiger partial charge in [-0.05, 0) is 39.3 Å². The highest BCUT2D eigenvalue weighted by molar-refractivity contribution is 7.11. The summed E-state index contributed by atoms with van der Waals surface area (Å²) in [7, 11) is 0. The van der Waals surface area contributed by atoms with Crippen LogP contribution in [0.25, 0.3) is 0 Å². The van der Waals surface area contributed by atoms with Crippen LogP contribution in [0.3, 0.4) is 0 Å². The Morgan fingerprint density at radius 2 is 1.84 bits per heavy atom. The van der Waals surface area contributed by atoms with E-state index in [0.29, 0.717) is 17.2 Å². The summed E-state index contributed by atoms with van der Waals surface area (Å²) in [4.78, 5) is 13.7. The highest BCUT2D eigenvalue weighted by Crippen LogP contribution is 2.29. The molecule has 7 heteroatoms. The van der Waals surface area contributed by atoms with Gasteiger partial charge in [-0.2, -0.15) is 4.98 Å². The maximum atomic E-state index is 5.96. The van der Waals surface area contributed by atoms with Crippen molar-refractivity contribution < 1.29 is 0 Å². The number of nitrogens with zero attached hydrogens (tertiary/aromatic N) is 3. The molecule has 1 unspecified atom stereocenters. The van der Waals surface area contributed by atoms with Crippen molar-refractivity contribution in [1.29, 1.82) is 0 Å². The van der Waals surface area contributed by atoms with Crippen molar-refractivity contribution in [2.75, 3.05) is 11.1 Å². The van der Waals surface area contributed by atoms with Gasteiger partial charge in [-0.1, -0.05) is 0 Å². The monoisotopic (exact) mass is 297 g/mol. The number of thiazole rings is 1. The second-order valence-electron chi connectivity index (χ2n) is 4.39. The molecule has 1 atom stereocenters. The van der Waals surface area contributed by atoms with Gasteiger partial charge in [0.1, 0.15) is 0 Å². The fourth-order valence-corrected chi connectivity index (χ4v) is 3.02. The summed E-state index contributed by atoms with van der Waals surface area (Å²) in [6.45, 7) is 7.85. The van der Waals surface area contributed by atoms with E-state index in [9.17, 15) is 0 Å². The summed E-state index contributed by atoms with van der Waals surface area (Å²) in [5, 5.41) is 4.51. The molecule has 3 N–H and O–H groups in total. The minimum atomic E-state index is 0.0684. The third-order valence-electron chi connectivity index (χ3n) is 2.79. The largest absolute Gasteiger partial charge is 0.394 e. The molecule has 0 aliphatic carbocycles. The second-order valence-corrected chi connectivity index (χ2v) is 5.96. The molecule has 2 heterocycles. The van der Waals surface area contributed by atoms with Crippen LogP contribution in [0.5, 0.6) is 0 Å². The maximum absolute atomic E-state index is 5.96. The molecule has 0 saturated heterocycles. The van der Waals surface area contributed by atoms with Crippen LogP contribution in [-0.4, -0.2) is 15.0 Å². The highest BCUT2D eigenvalue weighted by atomic mass is 35.5. The van der Waals surface area contributed by atoms with Gasteiger partial charge in [0, 0.05) is 4.88 Å². The number of nitrogens with one attached hydrogen (secondary N) is 1. The lowest BCUT2D eigenvalue weighted by atomic mass is 10.2. The first-order valence-electron chi connectivity index (χ1n) is 5.88. The van der Waals surface area contributed by atoms with Crippen LogP contribution in [0, 0.1) is 20.8 Å². The first-order chi connectivity index (χ1) is 8.88. The summed E-state index contributed by atoms with van der Waals surface area (Å²) in [5.41, 5.74) is 8.18. The lowest BCUT2D eigenvalue weighted by Gasteiger charge is -2.16. The molecule has 0 aliphatic rings. The molecule has 0 amide bonds. The van der Waals surface area contributed by atoms with Gasteiger partial charge in [-0.25, -0.2) is 9.97 Å². The van der Waals surface area contributed by atoms with Crippen molar-refractivity contribution in [2.45, 2.75) is 33.7 Å². The highest BCUT2D eigenvalue weighted by Gasteiger charge is 2.16. The van der Waals surface area contributed by atoms with E-state index in [1.54, 1.807) is 18.3 Å². The quantitative estimate of drug-likeness (QED) is 0.850. The molecule has 2 aromatic heterocycles. The molecule has 0 fully saturated rings. The number of aryl methyl sites for hydroxylation is 3. The van der Waals surface area contributed by atoms with E-state index in [0.717, 1.165) is 10.7 Å². The van der Waals surface area contributed by atoms with Crippen molar-refractivity contribution in [3.05, 3.63) is 26.6 Å². The Balaban J connectivity index is 2.29. The molecular weight excluding hydrogens is 282 g/mol. The Hall–Kier alpha value is -1.40. The van der Waals surface area contributed by atoms with Gasteiger partial charge in [0.25, 0.3) is 0 Å². The van der Waals surface area contributed by atoms with Gasteiger partial charge in [0.05, 0.1) is 28.1 Å². The lowest BCUT2D eigenvalue weighted by molar-refractivity contribution is 0.876. The Labute approximate surface area is 121 Å². The average Bonchev–Trinajstić information content (AvgIpc) is 2.64. The van der Waals surface area contributed by atoms with Crippen molar-refractivity contribution in [2.24, 2.45) is 0 Å². The van der Waals surface area contributed by atoms with E-state index in [4.69, 9.17) is 17.3 Å². The van der Waals surface area contributed by atoms with Crippen LogP contribution < -0.4 is 11.1 Å². The van der Waals surface area contributed by atoms with Crippen LogP contribution in [0.4, 0.5) is 11.5 Å². The molecule has 2 rings (SSSR count). The van der Waals surface area contributed by atoms with Crippen LogP contribution in [0.2, 0.25) is 5.28 Å². The Morgan fingerprint density at radius 1 is 1.16 bits per heavy atom. The minimum Gasteiger partial charge on any atom is -0.394 e. The Morgan fingerprint density at radius 3 is 2.42 bits per heavy atom. The SMILES string of the molecule is Cc1nc(C)c(C(C)Nc2nc(Cl)nc(C)c2N)s1. The van der Waals surface area contributed by atoms with E-state index >= 15 is 0 Å². The number of rotatable bonds is 3. The summed E-state index contributed by atoms with van der Waals surface area (Å²) in [6.07, 6.45) is 0. The predicted molar refractivity (Wildman–Crippen MR) is 79.8 cm³/mol. The fourth-order valence-electron chi connectivity index (χ4n) is 1.88. The van der Waals surface area contributed by atoms with Gasteiger partial charge in [-0.15, -0.1) is 11.3 Å². The van der Waals surface area contributed by atoms with Gasteiger partial charge in [0.15, 0.2) is 5.82 Å². The molecule has 0 saturated carbocycles. The van der Waals surface area contributed by atoms with Crippen molar-refractivity contribution >= 4 is 34.4 Å². The van der Waals surface area contributed by atoms with Gasteiger partial charge in [-0.3, -0.25) is 0 Å². The molecule has 5 nitrogen and oxygen atoms in total. The number of aromatic nitrogens is 3. The van der Waals surface area contributed by atoms with Gasteiger partial charge < -0.3 is 11.1 Å². The van der Waals surface area contributed by atoms with E-state index in [1.165, 1.54) is 4.88 Å². The van der Waals surface area contributed by atoms with Crippen LogP contribution in [0.15, 0.2) is 0 Å². The van der Waals surface area contributed by atoms with E-state index in [2.05, 4.69) is 20.3 Å². The molecule has 2 aromatic rings. The molecule has 102 valence electrons. The third kappa shape index (κ3) is 2.96. The first-order valence-corrected chi connectivity index (χ1v) is 7.08. The van der Waals surface area contributed by atoms with Gasteiger partial charge >= 0.3 is 0 Å². The summed E-state index contributed by atoms with van der Waals surface area (Å²) < 4.78 is 0. The number of nitrogen functional groups attached to an aromatic ring is 1. The third-order valence-corrected chi connectivity index (χ3v) is 4.22. The molecule has 19 heavy (non-hydrogen) atoms. The molecule has 0 aliphatic heterocycles. The lowest BCUT2D eigenvalue weighted by Crippen LogP contribution is -2.11. The molecule has 0 spiro atoms. The average molecular weight is 298 g/mol. The normalized spacial score (nSPS) is 12.5. The smallest absolute Gasteiger partial charge is 0.224 e. The zero-order chi connectivity index (χ0) is 14.2. The summed E-state index contributed by atoms with van der Waals surface area (Å²) in [6, 6.07) is 0.0684. The standard InChI is InChI=1S/C12H16ClN5S/c1-5-9(14)11(18-12(13)17-5)16-7(3)10-6(2)15-8(4)19-10/h7H,14H2,1-4H3,(H,16,17,18). The molecule has 0 radical (unpaired) electrons. The van der Waals surface area contributed by atoms with Crippen LogP contribution in [-0.2, 0) is 0 Å². The van der Waals surface area contributed by atoms with Gasteiger partial charge in [0.2, 0.25) is 5.28 Å². The second kappa shape index (κ2) is 5.30. The maximum Gasteiger partial charge on any atom is 0.224 e. The minimum absolute atomic E-state index is 0.0684. The number of hydrogen-bond donors (Lipinski definition) is 2. The first kappa shape index (κ1) is 14.0. The van der Waals surface area contributed by atoms with E-state index in [1.807, 2.05) is 20.8 Å². The molecule has 0 bridgehead atoms. The number of halogens is 1.